The first-order valence-corrected chi connectivity index (χ1v) is 6.25. The zero-order valence-corrected chi connectivity index (χ0v) is 11.4. The van der Waals surface area contributed by atoms with Crippen molar-refractivity contribution in [2.24, 2.45) is 0 Å². The Morgan fingerprint density at radius 2 is 2.16 bits per heavy atom. The van der Waals surface area contributed by atoms with Crippen LogP contribution in [-0.4, -0.2) is 29.5 Å². The van der Waals surface area contributed by atoms with Gasteiger partial charge in [-0.05, 0) is 37.6 Å². The molecule has 0 bridgehead atoms. The first kappa shape index (κ1) is 13.3. The molecule has 100 valence electrons. The van der Waals surface area contributed by atoms with Crippen LogP contribution in [0.3, 0.4) is 0 Å². The molecule has 0 aliphatic heterocycles. The van der Waals surface area contributed by atoms with E-state index in [1.807, 2.05) is 36.9 Å². The maximum absolute atomic E-state index is 10.7. The van der Waals surface area contributed by atoms with Crippen LogP contribution < -0.4 is 4.90 Å². The van der Waals surface area contributed by atoms with Crippen LogP contribution in [0.15, 0.2) is 22.7 Å². The first-order chi connectivity index (χ1) is 9.15. The minimum atomic E-state index is 0.401. The van der Waals surface area contributed by atoms with E-state index in [0.717, 1.165) is 29.6 Å². The SMILES string of the molecule is CCN(CC=O)c1ccc(-c2noc(C)n2)cc1C. The van der Waals surface area contributed by atoms with Gasteiger partial charge >= 0.3 is 0 Å². The summed E-state index contributed by atoms with van der Waals surface area (Å²) in [6, 6.07) is 5.94. The number of carbonyl (C=O) groups is 1. The Morgan fingerprint density at radius 1 is 1.37 bits per heavy atom. The fraction of sp³-hybridized carbons (Fsp3) is 0.357. The Labute approximate surface area is 112 Å². The van der Waals surface area contributed by atoms with E-state index in [0.29, 0.717) is 18.3 Å². The van der Waals surface area contributed by atoms with E-state index in [4.69, 9.17) is 4.52 Å². The molecular weight excluding hydrogens is 242 g/mol. The van der Waals surface area contributed by atoms with Crippen molar-refractivity contribution >= 4 is 12.0 Å². The van der Waals surface area contributed by atoms with Crippen molar-refractivity contribution in [3.8, 4) is 11.4 Å². The van der Waals surface area contributed by atoms with Gasteiger partial charge in [0.1, 0.15) is 6.29 Å². The largest absolute Gasteiger partial charge is 0.365 e. The Kier molecular flexibility index (Phi) is 3.94. The third-order valence-corrected chi connectivity index (χ3v) is 3.00. The van der Waals surface area contributed by atoms with Crippen LogP contribution in [0.2, 0.25) is 0 Å². The highest BCUT2D eigenvalue weighted by atomic mass is 16.5. The highest BCUT2D eigenvalue weighted by molar-refractivity contribution is 5.67. The molecule has 0 radical (unpaired) electrons. The van der Waals surface area contributed by atoms with Crippen LogP contribution in [0.5, 0.6) is 0 Å². The molecule has 5 heteroatoms. The molecule has 0 amide bonds. The van der Waals surface area contributed by atoms with Crippen LogP contribution in [0.1, 0.15) is 18.4 Å². The molecule has 0 spiro atoms. The molecule has 0 aliphatic rings. The normalized spacial score (nSPS) is 10.5. The number of aromatic nitrogens is 2. The molecule has 0 fully saturated rings. The van der Waals surface area contributed by atoms with Crippen LogP contribution in [0.25, 0.3) is 11.4 Å². The van der Waals surface area contributed by atoms with E-state index in [1.165, 1.54) is 0 Å². The van der Waals surface area contributed by atoms with Gasteiger partial charge in [0, 0.05) is 24.7 Å². The molecule has 0 aliphatic carbocycles. The monoisotopic (exact) mass is 259 g/mol. The summed E-state index contributed by atoms with van der Waals surface area (Å²) in [4.78, 5) is 16.9. The number of anilines is 1. The predicted octanol–water partition coefficient (Wildman–Crippen LogP) is 2.38. The topological polar surface area (TPSA) is 59.2 Å². The van der Waals surface area contributed by atoms with Crippen molar-refractivity contribution in [2.75, 3.05) is 18.0 Å². The minimum absolute atomic E-state index is 0.401. The van der Waals surface area contributed by atoms with E-state index in [1.54, 1.807) is 6.92 Å². The fourth-order valence-corrected chi connectivity index (χ4v) is 2.05. The molecule has 0 atom stereocenters. The van der Waals surface area contributed by atoms with Gasteiger partial charge < -0.3 is 14.2 Å². The summed E-state index contributed by atoms with van der Waals surface area (Å²) in [5.74, 6) is 1.14. The molecular formula is C14H17N3O2. The third kappa shape index (κ3) is 2.81. The second-order valence-corrected chi connectivity index (χ2v) is 4.34. The molecule has 19 heavy (non-hydrogen) atoms. The Morgan fingerprint density at radius 3 is 2.68 bits per heavy atom. The average molecular weight is 259 g/mol. The Bertz CT molecular complexity index is 578. The number of hydrogen-bond acceptors (Lipinski definition) is 5. The third-order valence-electron chi connectivity index (χ3n) is 3.00. The second-order valence-electron chi connectivity index (χ2n) is 4.34. The zero-order valence-electron chi connectivity index (χ0n) is 11.4. The van der Waals surface area contributed by atoms with Gasteiger partial charge in [0.05, 0.1) is 6.54 Å². The summed E-state index contributed by atoms with van der Waals surface area (Å²) < 4.78 is 4.98. The highest BCUT2D eigenvalue weighted by Gasteiger charge is 2.11. The lowest BCUT2D eigenvalue weighted by atomic mass is 10.1. The number of aryl methyl sites for hydroxylation is 2. The van der Waals surface area contributed by atoms with Gasteiger partial charge in [0.15, 0.2) is 0 Å². The predicted molar refractivity (Wildman–Crippen MR) is 73.2 cm³/mol. The fourth-order valence-electron chi connectivity index (χ4n) is 2.05. The summed E-state index contributed by atoms with van der Waals surface area (Å²) in [6.07, 6.45) is 0.916. The summed E-state index contributed by atoms with van der Waals surface area (Å²) in [7, 11) is 0. The van der Waals surface area contributed by atoms with Gasteiger partial charge in [-0.3, -0.25) is 0 Å². The average Bonchev–Trinajstić information content (AvgIpc) is 2.83. The highest BCUT2D eigenvalue weighted by Crippen LogP contribution is 2.25. The summed E-state index contributed by atoms with van der Waals surface area (Å²) in [5, 5.41) is 3.90. The number of nitrogens with zero attached hydrogens (tertiary/aromatic N) is 3. The molecule has 0 unspecified atom stereocenters. The summed E-state index contributed by atoms with van der Waals surface area (Å²) in [5.41, 5.74) is 3.06. The van der Waals surface area contributed by atoms with Crippen LogP contribution in [-0.2, 0) is 4.79 Å². The van der Waals surface area contributed by atoms with E-state index >= 15 is 0 Å². The van der Waals surface area contributed by atoms with E-state index in [9.17, 15) is 4.79 Å². The van der Waals surface area contributed by atoms with Gasteiger partial charge in [-0.1, -0.05) is 5.16 Å². The molecule has 1 aromatic carbocycles. The van der Waals surface area contributed by atoms with Crippen molar-refractivity contribution in [1.82, 2.24) is 10.1 Å². The van der Waals surface area contributed by atoms with Crippen molar-refractivity contribution in [3.05, 3.63) is 29.7 Å². The van der Waals surface area contributed by atoms with Crippen molar-refractivity contribution in [2.45, 2.75) is 20.8 Å². The molecule has 0 saturated heterocycles. The van der Waals surface area contributed by atoms with Gasteiger partial charge in [-0.2, -0.15) is 4.98 Å². The van der Waals surface area contributed by atoms with Gasteiger partial charge in [0.25, 0.3) is 0 Å². The molecule has 1 aromatic heterocycles. The number of likely N-dealkylation sites (N-methyl/N-ethyl adjacent to an activating group) is 1. The quantitative estimate of drug-likeness (QED) is 0.771. The van der Waals surface area contributed by atoms with Crippen molar-refractivity contribution in [1.29, 1.82) is 0 Å². The number of carbonyl (C=O) groups excluding carboxylic acids is 1. The zero-order chi connectivity index (χ0) is 13.8. The van der Waals surface area contributed by atoms with Crippen LogP contribution >= 0.6 is 0 Å². The smallest absolute Gasteiger partial charge is 0.223 e. The summed E-state index contributed by atoms with van der Waals surface area (Å²) >= 11 is 0. The Balaban J connectivity index is 2.33. The number of benzene rings is 1. The molecule has 5 nitrogen and oxygen atoms in total. The molecule has 2 aromatic rings. The van der Waals surface area contributed by atoms with E-state index in [-0.39, 0.29) is 0 Å². The van der Waals surface area contributed by atoms with Crippen LogP contribution in [0, 0.1) is 13.8 Å². The molecule has 0 saturated carbocycles. The Hall–Kier alpha value is -2.17. The second kappa shape index (κ2) is 5.65. The minimum Gasteiger partial charge on any atom is -0.365 e. The lowest BCUT2D eigenvalue weighted by Crippen LogP contribution is -2.25. The van der Waals surface area contributed by atoms with Gasteiger partial charge in [-0.15, -0.1) is 0 Å². The van der Waals surface area contributed by atoms with Crippen molar-refractivity contribution < 1.29 is 9.32 Å². The maximum atomic E-state index is 10.7. The van der Waals surface area contributed by atoms with E-state index in [2.05, 4.69) is 10.1 Å². The molecule has 0 N–H and O–H groups in total. The van der Waals surface area contributed by atoms with Crippen LogP contribution in [0.4, 0.5) is 5.69 Å². The van der Waals surface area contributed by atoms with Crippen molar-refractivity contribution in [3.63, 3.8) is 0 Å². The maximum Gasteiger partial charge on any atom is 0.223 e. The molecule has 1 heterocycles. The lowest BCUT2D eigenvalue weighted by Gasteiger charge is -2.22. The number of hydrogen-bond donors (Lipinski definition) is 0. The standard InChI is InChI=1S/C14H17N3O2/c1-4-17(7-8-18)13-6-5-12(9-10(13)2)14-15-11(3)19-16-14/h5-6,8-9H,4,7H2,1-3H3. The van der Waals surface area contributed by atoms with E-state index < -0.39 is 0 Å². The summed E-state index contributed by atoms with van der Waals surface area (Å²) in [6.45, 7) is 7.00. The number of rotatable bonds is 5. The van der Waals surface area contributed by atoms with Gasteiger partial charge in [-0.25, -0.2) is 0 Å². The first-order valence-electron chi connectivity index (χ1n) is 6.25. The molecule has 2 rings (SSSR count). The lowest BCUT2D eigenvalue weighted by molar-refractivity contribution is -0.106. The number of aldehydes is 1. The van der Waals surface area contributed by atoms with Gasteiger partial charge in [0.2, 0.25) is 11.7 Å².